The molecule has 0 saturated carbocycles. The Morgan fingerprint density at radius 3 is 2.59 bits per heavy atom. The van der Waals surface area contributed by atoms with Gasteiger partial charge in [0.15, 0.2) is 0 Å². The van der Waals surface area contributed by atoms with E-state index in [0.29, 0.717) is 61.2 Å². The summed E-state index contributed by atoms with van der Waals surface area (Å²) in [5.41, 5.74) is 5.04. The molecule has 15 heteroatoms. The molecule has 7 rings (SSSR count). The van der Waals surface area contributed by atoms with Gasteiger partial charge in [-0.05, 0) is 47.6 Å². The lowest BCUT2D eigenvalue weighted by molar-refractivity contribution is -0.284. The first-order chi connectivity index (χ1) is 26.1. The van der Waals surface area contributed by atoms with Crippen molar-refractivity contribution in [3.63, 3.8) is 0 Å². The first-order valence-corrected chi connectivity index (χ1v) is 18.0. The molecule has 2 N–H and O–H groups in total. The lowest BCUT2D eigenvalue weighted by Gasteiger charge is -2.33. The number of ether oxygens (including phenoxy) is 1. The third kappa shape index (κ3) is 8.12. The fourth-order valence-electron chi connectivity index (χ4n) is 7.02. The number of nitrogens with one attached hydrogen (secondary N) is 1. The number of benzene rings is 3. The van der Waals surface area contributed by atoms with Gasteiger partial charge < -0.3 is 19.7 Å². The monoisotopic (exact) mass is 738 g/mol. The summed E-state index contributed by atoms with van der Waals surface area (Å²) in [6.45, 7) is 5.80. The molecule has 3 aromatic carbocycles. The Hall–Kier alpha value is -5.64. The largest absolute Gasteiger partial charge is 0.465 e. The second-order valence-corrected chi connectivity index (χ2v) is 14.0. The topological polar surface area (TPSA) is 151 Å². The maximum absolute atomic E-state index is 15.5. The maximum Gasteiger partial charge on any atom is 0.407 e. The van der Waals surface area contributed by atoms with Crippen molar-refractivity contribution in [1.82, 2.24) is 34.8 Å². The Kier molecular flexibility index (Phi) is 11.0. The standard InChI is InChI=1S/C39H43FN8O6/c1-25(2)36(45(3)39(50)51)38(49)47-17-7-10-35(47)37-41-19-34(42-37)28-13-11-27(12-14-28)32-16-15-30(18-33(32)40)48-22-31(53-54-48)21-46-20-29(43-44-46)24-52-23-26-8-5-4-6-9-26/h4-6,8-9,11-16,18-20,25,31,35-36H,7,10,17,21-24H2,1-3H3,(H,41,42)(H,50,51)/t31-,35+,36+/m1/s1. The van der Waals surface area contributed by atoms with Crippen molar-refractivity contribution < 1.29 is 33.7 Å². The van der Waals surface area contributed by atoms with E-state index in [1.54, 1.807) is 34.1 Å². The van der Waals surface area contributed by atoms with Crippen LogP contribution in [0.15, 0.2) is 85.2 Å². The molecule has 0 radical (unpaired) electrons. The number of carbonyl (C=O) groups is 2. The van der Waals surface area contributed by atoms with Gasteiger partial charge in [0.05, 0.1) is 56.1 Å². The van der Waals surface area contributed by atoms with Gasteiger partial charge in [0.2, 0.25) is 5.91 Å². The Morgan fingerprint density at radius 1 is 1.07 bits per heavy atom. The summed E-state index contributed by atoms with van der Waals surface area (Å²) < 4.78 is 22.9. The van der Waals surface area contributed by atoms with Crippen LogP contribution in [0.5, 0.6) is 0 Å². The number of aromatic nitrogens is 5. The normalized spacial score (nSPS) is 17.7. The summed E-state index contributed by atoms with van der Waals surface area (Å²) >= 11 is 0. The molecule has 2 aromatic heterocycles. The highest BCUT2D eigenvalue weighted by atomic mass is 19.1. The third-order valence-electron chi connectivity index (χ3n) is 9.77. The van der Waals surface area contributed by atoms with E-state index >= 15 is 4.39 Å². The zero-order valence-corrected chi connectivity index (χ0v) is 30.3. The number of imidazole rings is 1. The molecule has 0 spiro atoms. The van der Waals surface area contributed by atoms with Crippen molar-refractivity contribution >= 4 is 17.7 Å². The average Bonchev–Trinajstić information content (AvgIpc) is 4.00. The molecule has 0 unspecified atom stereocenters. The van der Waals surface area contributed by atoms with E-state index in [1.165, 1.54) is 18.2 Å². The molecule has 282 valence electrons. The van der Waals surface area contributed by atoms with E-state index in [2.05, 4.69) is 20.3 Å². The summed E-state index contributed by atoms with van der Waals surface area (Å²) in [6, 6.07) is 21.2. The van der Waals surface area contributed by atoms with Crippen molar-refractivity contribution in [3.05, 3.63) is 108 Å². The number of amides is 2. The molecule has 54 heavy (non-hydrogen) atoms. The molecule has 2 fully saturated rings. The van der Waals surface area contributed by atoms with Gasteiger partial charge in [0.1, 0.15) is 29.5 Å². The quantitative estimate of drug-likeness (QED) is 0.133. The van der Waals surface area contributed by atoms with Gasteiger partial charge in [0.25, 0.3) is 0 Å². The third-order valence-corrected chi connectivity index (χ3v) is 9.77. The Labute approximate surface area is 311 Å². The SMILES string of the molecule is CC(C)[C@@H](C(=O)N1CCC[C@H]1c1ncc(-c2ccc(-c3ccc(N4C[C@@H](Cn5cc(COCc6ccccc6)nn5)OO4)cc3F)cc2)[nH]1)N(C)C(=O)O. The number of nitrogens with zero attached hydrogens (tertiary/aromatic N) is 7. The van der Waals surface area contributed by atoms with Gasteiger partial charge in [-0.1, -0.05) is 73.7 Å². The van der Waals surface area contributed by atoms with E-state index in [4.69, 9.17) is 14.6 Å². The predicted molar refractivity (Wildman–Crippen MR) is 196 cm³/mol. The van der Waals surface area contributed by atoms with Crippen molar-refractivity contribution in [2.24, 2.45) is 5.92 Å². The van der Waals surface area contributed by atoms with Crippen LogP contribution in [-0.4, -0.2) is 84.2 Å². The number of hydroxylamine groups is 1. The minimum absolute atomic E-state index is 0.191. The number of rotatable bonds is 13. The Bertz CT molecular complexity index is 2060. The van der Waals surface area contributed by atoms with E-state index in [9.17, 15) is 14.7 Å². The van der Waals surface area contributed by atoms with E-state index in [-0.39, 0.29) is 24.0 Å². The number of anilines is 1. The number of carbonyl (C=O) groups excluding carboxylic acids is 1. The van der Waals surface area contributed by atoms with Crippen LogP contribution in [0.2, 0.25) is 0 Å². The van der Waals surface area contributed by atoms with E-state index < -0.39 is 18.0 Å². The number of halogens is 1. The molecule has 2 aliphatic rings. The summed E-state index contributed by atoms with van der Waals surface area (Å²) in [5, 5.41) is 19.4. The van der Waals surface area contributed by atoms with Crippen molar-refractivity contribution in [2.45, 2.75) is 64.6 Å². The number of hydrogen-bond donors (Lipinski definition) is 2. The second kappa shape index (κ2) is 16.2. The fourth-order valence-corrected chi connectivity index (χ4v) is 7.02. The zero-order chi connectivity index (χ0) is 37.8. The van der Waals surface area contributed by atoms with Crippen LogP contribution < -0.4 is 5.06 Å². The highest BCUT2D eigenvalue weighted by Gasteiger charge is 2.39. The van der Waals surface area contributed by atoms with Crippen molar-refractivity contribution in [1.29, 1.82) is 0 Å². The number of likely N-dealkylation sites (tertiary alicyclic amines) is 1. The fraction of sp³-hybridized carbons (Fsp3) is 0.359. The van der Waals surface area contributed by atoms with Gasteiger partial charge in [-0.2, -0.15) is 0 Å². The first kappa shape index (κ1) is 36.7. The van der Waals surface area contributed by atoms with Crippen LogP contribution >= 0.6 is 0 Å². The molecule has 2 saturated heterocycles. The number of carboxylic acid groups (broad SMARTS) is 1. The molecule has 3 atom stereocenters. The molecule has 2 amide bonds. The average molecular weight is 739 g/mol. The number of aromatic amines is 1. The summed E-state index contributed by atoms with van der Waals surface area (Å²) in [6.07, 6.45) is 3.55. The van der Waals surface area contributed by atoms with Crippen LogP contribution in [0.3, 0.4) is 0 Å². The smallest absolute Gasteiger partial charge is 0.407 e. The second-order valence-electron chi connectivity index (χ2n) is 14.0. The van der Waals surface area contributed by atoms with Gasteiger partial charge in [-0.25, -0.2) is 28.8 Å². The van der Waals surface area contributed by atoms with Gasteiger partial charge in [-0.3, -0.25) is 9.69 Å². The highest BCUT2D eigenvalue weighted by molar-refractivity contribution is 5.86. The summed E-state index contributed by atoms with van der Waals surface area (Å²) in [4.78, 5) is 47.0. The minimum atomic E-state index is -1.14. The molecular weight excluding hydrogens is 695 g/mol. The number of likely N-dealkylation sites (N-methyl/N-ethyl adjacent to an activating group) is 1. The minimum Gasteiger partial charge on any atom is -0.465 e. The molecule has 0 bridgehead atoms. The number of H-pyrrole nitrogens is 1. The predicted octanol–water partition coefficient (Wildman–Crippen LogP) is 6.24. The molecule has 4 heterocycles. The summed E-state index contributed by atoms with van der Waals surface area (Å²) in [7, 11) is 1.43. The van der Waals surface area contributed by atoms with Crippen molar-refractivity contribution in [2.75, 3.05) is 25.2 Å². The molecule has 14 nitrogen and oxygen atoms in total. The van der Waals surface area contributed by atoms with E-state index in [0.717, 1.165) is 34.6 Å². The lowest BCUT2D eigenvalue weighted by Crippen LogP contribution is -2.51. The highest BCUT2D eigenvalue weighted by Crippen LogP contribution is 2.34. The van der Waals surface area contributed by atoms with E-state index in [1.807, 2.05) is 68.4 Å². The molecule has 2 aliphatic heterocycles. The lowest BCUT2D eigenvalue weighted by atomic mass is 10.0. The summed E-state index contributed by atoms with van der Waals surface area (Å²) in [5.74, 6) is -0.179. The Morgan fingerprint density at radius 2 is 1.85 bits per heavy atom. The molecule has 0 aliphatic carbocycles. The van der Waals surface area contributed by atoms with Crippen LogP contribution in [0.25, 0.3) is 22.4 Å². The van der Waals surface area contributed by atoms with Crippen LogP contribution in [0, 0.1) is 11.7 Å². The maximum atomic E-state index is 15.5. The van der Waals surface area contributed by atoms with Crippen LogP contribution in [0.4, 0.5) is 14.9 Å². The van der Waals surface area contributed by atoms with Gasteiger partial charge >= 0.3 is 6.09 Å². The Balaban J connectivity index is 0.942. The molecule has 5 aromatic rings. The van der Waals surface area contributed by atoms with Crippen molar-refractivity contribution in [3.8, 4) is 22.4 Å². The van der Waals surface area contributed by atoms with Gasteiger partial charge in [0, 0.05) is 25.2 Å². The first-order valence-electron chi connectivity index (χ1n) is 18.0. The number of hydrogen-bond acceptors (Lipinski definition) is 9. The van der Waals surface area contributed by atoms with Crippen LogP contribution in [0.1, 0.15) is 49.8 Å². The van der Waals surface area contributed by atoms with Crippen LogP contribution in [-0.2, 0) is 39.2 Å². The molecular formula is C39H43FN8O6. The van der Waals surface area contributed by atoms with Gasteiger partial charge in [-0.15, -0.1) is 10.1 Å². The zero-order valence-electron chi connectivity index (χ0n) is 30.3.